The van der Waals surface area contributed by atoms with Gasteiger partial charge in [0.15, 0.2) is 0 Å². The molecule has 0 radical (unpaired) electrons. The highest BCUT2D eigenvalue weighted by molar-refractivity contribution is 4.87. The Kier molecular flexibility index (Phi) is 3.97. The number of alkyl halides is 3. The highest BCUT2D eigenvalue weighted by Gasteiger charge is 2.44. The van der Waals surface area contributed by atoms with Crippen molar-refractivity contribution in [2.45, 2.75) is 25.2 Å². The number of halogens is 3. The first-order chi connectivity index (χ1) is 6.86. The van der Waals surface area contributed by atoms with E-state index in [0.717, 1.165) is 0 Å². The highest BCUT2D eigenvalue weighted by atomic mass is 19.4. The molecular formula is C9H18F3N3. The zero-order valence-corrected chi connectivity index (χ0v) is 9.09. The first-order valence-electron chi connectivity index (χ1n) is 5.07. The number of hydrogen-bond acceptors (Lipinski definition) is 3. The first kappa shape index (κ1) is 12.7. The maximum absolute atomic E-state index is 12.6. The van der Waals surface area contributed by atoms with Crippen LogP contribution in [0.1, 0.15) is 6.92 Å². The van der Waals surface area contributed by atoms with Gasteiger partial charge in [-0.05, 0) is 14.0 Å². The summed E-state index contributed by atoms with van der Waals surface area (Å²) in [6.45, 7) is 3.20. The molecule has 0 amide bonds. The van der Waals surface area contributed by atoms with Gasteiger partial charge in [-0.2, -0.15) is 13.2 Å². The molecule has 1 fully saturated rings. The molecule has 90 valence electrons. The Bertz CT molecular complexity index is 207. The van der Waals surface area contributed by atoms with Crippen LogP contribution in [0, 0.1) is 0 Å². The summed E-state index contributed by atoms with van der Waals surface area (Å²) in [6.07, 6.45) is -4.22. The maximum atomic E-state index is 12.6. The second-order valence-electron chi connectivity index (χ2n) is 4.14. The summed E-state index contributed by atoms with van der Waals surface area (Å²) in [5, 5.41) is 0. The van der Waals surface area contributed by atoms with Gasteiger partial charge in [0, 0.05) is 32.2 Å². The lowest BCUT2D eigenvalue weighted by Gasteiger charge is -2.42. The van der Waals surface area contributed by atoms with Gasteiger partial charge >= 0.3 is 6.18 Å². The first-order valence-corrected chi connectivity index (χ1v) is 5.07. The lowest BCUT2D eigenvalue weighted by Crippen LogP contribution is -2.60. The van der Waals surface area contributed by atoms with Gasteiger partial charge in [0.2, 0.25) is 0 Å². The molecule has 2 N–H and O–H groups in total. The van der Waals surface area contributed by atoms with Crippen LogP contribution in [0.5, 0.6) is 0 Å². The van der Waals surface area contributed by atoms with E-state index in [9.17, 15) is 13.2 Å². The number of piperazine rings is 1. The summed E-state index contributed by atoms with van der Waals surface area (Å²) in [7, 11) is 1.92. The van der Waals surface area contributed by atoms with Crippen molar-refractivity contribution in [1.29, 1.82) is 0 Å². The normalized spacial score (nSPS) is 28.0. The summed E-state index contributed by atoms with van der Waals surface area (Å²) < 4.78 is 37.9. The predicted octanol–water partition coefficient (Wildman–Crippen LogP) is 0.512. The molecule has 1 rings (SSSR count). The highest BCUT2D eigenvalue weighted by Crippen LogP contribution is 2.26. The summed E-state index contributed by atoms with van der Waals surface area (Å²) >= 11 is 0. The minimum atomic E-state index is -4.22. The lowest BCUT2D eigenvalue weighted by molar-refractivity contribution is -0.190. The third-order valence-corrected chi connectivity index (χ3v) is 2.88. The summed E-state index contributed by atoms with van der Waals surface area (Å²) in [5.41, 5.74) is 5.21. The smallest absolute Gasteiger partial charge is 0.329 e. The van der Waals surface area contributed by atoms with Crippen molar-refractivity contribution in [2.24, 2.45) is 5.73 Å². The molecule has 0 spiro atoms. The largest absolute Gasteiger partial charge is 0.405 e. The average Bonchev–Trinajstić information content (AvgIpc) is 2.07. The molecule has 0 aromatic rings. The van der Waals surface area contributed by atoms with E-state index in [1.54, 1.807) is 0 Å². The molecule has 1 aliphatic rings. The molecule has 0 saturated carbocycles. The van der Waals surface area contributed by atoms with Crippen molar-refractivity contribution in [3.05, 3.63) is 0 Å². The molecule has 0 aromatic heterocycles. The van der Waals surface area contributed by atoms with Crippen molar-refractivity contribution in [3.8, 4) is 0 Å². The van der Waals surface area contributed by atoms with Crippen LogP contribution >= 0.6 is 0 Å². The fraction of sp³-hybridized carbons (Fsp3) is 1.00. The molecular weight excluding hydrogens is 207 g/mol. The molecule has 1 aliphatic heterocycles. The van der Waals surface area contributed by atoms with Gasteiger partial charge in [0.25, 0.3) is 0 Å². The van der Waals surface area contributed by atoms with Gasteiger partial charge in [-0.15, -0.1) is 0 Å². The van der Waals surface area contributed by atoms with Crippen LogP contribution in [0.3, 0.4) is 0 Å². The van der Waals surface area contributed by atoms with Gasteiger partial charge in [-0.25, -0.2) is 0 Å². The fourth-order valence-electron chi connectivity index (χ4n) is 2.07. The van der Waals surface area contributed by atoms with E-state index in [0.29, 0.717) is 19.6 Å². The van der Waals surface area contributed by atoms with Gasteiger partial charge in [-0.1, -0.05) is 0 Å². The van der Waals surface area contributed by atoms with E-state index in [1.807, 2.05) is 18.9 Å². The fourth-order valence-corrected chi connectivity index (χ4v) is 2.07. The molecule has 2 atom stereocenters. The number of hydrogen-bond donors (Lipinski definition) is 1. The van der Waals surface area contributed by atoms with Gasteiger partial charge in [0.1, 0.15) is 6.04 Å². The number of rotatable bonds is 2. The average molecular weight is 225 g/mol. The van der Waals surface area contributed by atoms with E-state index >= 15 is 0 Å². The Morgan fingerprint density at radius 3 is 2.40 bits per heavy atom. The summed E-state index contributed by atoms with van der Waals surface area (Å²) in [5.74, 6) is 0. The van der Waals surface area contributed by atoms with Crippen LogP contribution in [0.2, 0.25) is 0 Å². The lowest BCUT2D eigenvalue weighted by atomic mass is 10.1. The second-order valence-corrected chi connectivity index (χ2v) is 4.14. The van der Waals surface area contributed by atoms with Crippen LogP contribution in [-0.4, -0.2) is 61.3 Å². The Labute approximate surface area is 88.0 Å². The number of likely N-dealkylation sites (N-methyl/N-ethyl adjacent to an activating group) is 1. The zero-order valence-electron chi connectivity index (χ0n) is 9.09. The minimum absolute atomic E-state index is 0.0982. The number of nitrogens with zero attached hydrogens (tertiary/aromatic N) is 2. The van der Waals surface area contributed by atoms with Crippen LogP contribution < -0.4 is 5.73 Å². The van der Waals surface area contributed by atoms with Crippen LogP contribution in [-0.2, 0) is 0 Å². The maximum Gasteiger partial charge on any atom is 0.405 e. The Hall–Kier alpha value is -0.330. The molecule has 3 nitrogen and oxygen atoms in total. The molecule has 6 heteroatoms. The van der Waals surface area contributed by atoms with E-state index in [1.165, 1.54) is 4.90 Å². The zero-order chi connectivity index (χ0) is 11.6. The van der Waals surface area contributed by atoms with Crippen molar-refractivity contribution in [2.75, 3.05) is 33.2 Å². The monoisotopic (exact) mass is 225 g/mol. The number of nitrogens with two attached hydrogens (primary N) is 1. The quantitative estimate of drug-likeness (QED) is 0.743. The van der Waals surface area contributed by atoms with Crippen LogP contribution in [0.25, 0.3) is 0 Å². The van der Waals surface area contributed by atoms with Crippen molar-refractivity contribution in [1.82, 2.24) is 9.80 Å². The molecule has 1 saturated heterocycles. The van der Waals surface area contributed by atoms with Crippen molar-refractivity contribution < 1.29 is 13.2 Å². The van der Waals surface area contributed by atoms with Gasteiger partial charge in [-0.3, -0.25) is 4.90 Å². The summed E-state index contributed by atoms with van der Waals surface area (Å²) in [4.78, 5) is 3.49. The van der Waals surface area contributed by atoms with E-state index in [4.69, 9.17) is 5.73 Å². The SMILES string of the molecule is CC1CN(C)CCN1C(CN)C(F)(F)F. The topological polar surface area (TPSA) is 32.5 Å². The third kappa shape index (κ3) is 3.06. The van der Waals surface area contributed by atoms with Gasteiger partial charge in [0.05, 0.1) is 0 Å². The summed E-state index contributed by atoms with van der Waals surface area (Å²) in [6, 6.07) is -1.60. The second kappa shape index (κ2) is 4.67. The van der Waals surface area contributed by atoms with Crippen LogP contribution in [0.4, 0.5) is 13.2 Å². The van der Waals surface area contributed by atoms with E-state index in [2.05, 4.69) is 0 Å². The molecule has 0 aromatic carbocycles. The molecule has 1 heterocycles. The third-order valence-electron chi connectivity index (χ3n) is 2.88. The molecule has 15 heavy (non-hydrogen) atoms. The van der Waals surface area contributed by atoms with E-state index < -0.39 is 12.2 Å². The van der Waals surface area contributed by atoms with Crippen molar-refractivity contribution >= 4 is 0 Å². The predicted molar refractivity (Wildman–Crippen MR) is 52.6 cm³/mol. The van der Waals surface area contributed by atoms with Crippen LogP contribution in [0.15, 0.2) is 0 Å². The molecule has 2 unspecified atom stereocenters. The Morgan fingerprint density at radius 2 is 2.00 bits per heavy atom. The Balaban J connectivity index is 2.68. The standard InChI is InChI=1S/C9H18F3N3/c1-7-6-14(2)3-4-15(7)8(5-13)9(10,11)12/h7-8H,3-6,13H2,1-2H3. The molecule has 0 aliphatic carbocycles. The van der Waals surface area contributed by atoms with E-state index in [-0.39, 0.29) is 12.6 Å². The van der Waals surface area contributed by atoms with Gasteiger partial charge < -0.3 is 10.6 Å². The molecule has 0 bridgehead atoms. The van der Waals surface area contributed by atoms with Crippen molar-refractivity contribution in [3.63, 3.8) is 0 Å². The minimum Gasteiger partial charge on any atom is -0.329 e. The Morgan fingerprint density at radius 1 is 1.40 bits per heavy atom.